The second-order valence-electron chi connectivity index (χ2n) is 5.20. The van der Waals surface area contributed by atoms with Crippen molar-refractivity contribution in [2.45, 2.75) is 45.7 Å². The van der Waals surface area contributed by atoms with Crippen molar-refractivity contribution in [1.29, 1.82) is 0 Å². The normalized spacial score (nSPS) is 11.1. The number of halogens is 1. The van der Waals surface area contributed by atoms with Crippen molar-refractivity contribution >= 4 is 5.69 Å². The van der Waals surface area contributed by atoms with Crippen molar-refractivity contribution < 1.29 is 4.39 Å². The molecule has 0 aliphatic carbocycles. The highest BCUT2D eigenvalue weighted by Crippen LogP contribution is 2.18. The second kappa shape index (κ2) is 7.16. The Morgan fingerprint density at radius 1 is 1.37 bits per heavy atom. The maximum atomic E-state index is 13.3. The maximum Gasteiger partial charge on any atom is 0.123 e. The van der Waals surface area contributed by atoms with Gasteiger partial charge in [-0.1, -0.05) is 19.3 Å². The van der Waals surface area contributed by atoms with E-state index in [0.29, 0.717) is 6.54 Å². The lowest BCUT2D eigenvalue weighted by Gasteiger charge is -2.21. The van der Waals surface area contributed by atoms with Crippen molar-refractivity contribution in [1.82, 2.24) is 5.32 Å². The standard InChI is InChI=1S/C16H23FN2/c1-5-7-10-18-15-9-8-14(17)11-13(15)12-19-16(3,4)6-2/h2,8-9,11,18-19H,5,7,10,12H2,1,3-4H3. The molecule has 19 heavy (non-hydrogen) atoms. The Morgan fingerprint density at radius 2 is 2.11 bits per heavy atom. The summed E-state index contributed by atoms with van der Waals surface area (Å²) in [6.45, 7) is 7.44. The summed E-state index contributed by atoms with van der Waals surface area (Å²) in [7, 11) is 0. The van der Waals surface area contributed by atoms with Crippen LogP contribution in [0, 0.1) is 18.2 Å². The molecule has 1 aromatic rings. The van der Waals surface area contributed by atoms with Crippen LogP contribution in [0.4, 0.5) is 10.1 Å². The summed E-state index contributed by atoms with van der Waals surface area (Å²) in [6.07, 6.45) is 7.66. The van der Waals surface area contributed by atoms with Gasteiger partial charge in [0.2, 0.25) is 0 Å². The largest absolute Gasteiger partial charge is 0.385 e. The van der Waals surface area contributed by atoms with Crippen LogP contribution in [-0.2, 0) is 6.54 Å². The van der Waals surface area contributed by atoms with Crippen LogP contribution in [0.25, 0.3) is 0 Å². The van der Waals surface area contributed by atoms with Crippen molar-refractivity contribution in [3.8, 4) is 12.3 Å². The molecule has 0 bridgehead atoms. The molecule has 0 unspecified atom stereocenters. The zero-order valence-electron chi connectivity index (χ0n) is 12.0. The Morgan fingerprint density at radius 3 is 2.74 bits per heavy atom. The van der Waals surface area contributed by atoms with Crippen LogP contribution in [0.3, 0.4) is 0 Å². The molecule has 0 aliphatic rings. The first kappa shape index (κ1) is 15.5. The molecule has 0 heterocycles. The Hall–Kier alpha value is -1.53. The van der Waals surface area contributed by atoms with Gasteiger partial charge in [0.1, 0.15) is 5.82 Å². The van der Waals surface area contributed by atoms with E-state index in [4.69, 9.17) is 6.42 Å². The lowest BCUT2D eigenvalue weighted by Crippen LogP contribution is -2.37. The lowest BCUT2D eigenvalue weighted by atomic mass is 10.1. The second-order valence-corrected chi connectivity index (χ2v) is 5.20. The summed E-state index contributed by atoms with van der Waals surface area (Å²) in [5.74, 6) is 2.45. The highest BCUT2D eigenvalue weighted by Gasteiger charge is 2.13. The van der Waals surface area contributed by atoms with Gasteiger partial charge in [0.05, 0.1) is 5.54 Å². The molecule has 0 fully saturated rings. The third kappa shape index (κ3) is 5.32. The van der Waals surface area contributed by atoms with Crippen molar-refractivity contribution in [3.63, 3.8) is 0 Å². The zero-order chi connectivity index (χ0) is 14.3. The zero-order valence-corrected chi connectivity index (χ0v) is 12.0. The van der Waals surface area contributed by atoms with Crippen molar-refractivity contribution in [2.24, 2.45) is 0 Å². The number of terminal acetylenes is 1. The van der Waals surface area contributed by atoms with Crippen LogP contribution in [0.5, 0.6) is 0 Å². The molecule has 1 rings (SSSR count). The van der Waals surface area contributed by atoms with Crippen LogP contribution >= 0.6 is 0 Å². The number of hydrogen-bond donors (Lipinski definition) is 2. The van der Waals surface area contributed by atoms with E-state index >= 15 is 0 Å². The van der Waals surface area contributed by atoms with Crippen LogP contribution in [0.1, 0.15) is 39.2 Å². The number of anilines is 1. The third-order valence-corrected chi connectivity index (χ3v) is 2.99. The van der Waals surface area contributed by atoms with E-state index < -0.39 is 5.54 Å². The third-order valence-electron chi connectivity index (χ3n) is 2.99. The number of rotatable bonds is 7. The molecule has 0 saturated carbocycles. The predicted molar refractivity (Wildman–Crippen MR) is 79.5 cm³/mol. The van der Waals surface area contributed by atoms with E-state index in [1.165, 1.54) is 6.07 Å². The average molecular weight is 262 g/mol. The average Bonchev–Trinajstić information content (AvgIpc) is 2.39. The van der Waals surface area contributed by atoms with E-state index in [1.54, 1.807) is 12.1 Å². The Kier molecular flexibility index (Phi) is 5.85. The molecule has 0 aliphatic heterocycles. The van der Waals surface area contributed by atoms with Gasteiger partial charge in [0.25, 0.3) is 0 Å². The van der Waals surface area contributed by atoms with E-state index in [-0.39, 0.29) is 5.82 Å². The van der Waals surface area contributed by atoms with E-state index in [0.717, 1.165) is 30.6 Å². The summed E-state index contributed by atoms with van der Waals surface area (Å²) in [5.41, 5.74) is 1.47. The molecule has 104 valence electrons. The van der Waals surface area contributed by atoms with Crippen LogP contribution in [-0.4, -0.2) is 12.1 Å². The SMILES string of the molecule is C#CC(C)(C)NCc1cc(F)ccc1NCCCC. The smallest absolute Gasteiger partial charge is 0.123 e. The molecular formula is C16H23FN2. The van der Waals surface area contributed by atoms with Crippen molar-refractivity contribution in [2.75, 3.05) is 11.9 Å². The minimum Gasteiger partial charge on any atom is -0.385 e. The fourth-order valence-electron chi connectivity index (χ4n) is 1.65. The molecule has 0 amide bonds. The fraction of sp³-hybridized carbons (Fsp3) is 0.500. The lowest BCUT2D eigenvalue weighted by molar-refractivity contribution is 0.490. The first-order valence-corrected chi connectivity index (χ1v) is 6.73. The summed E-state index contributed by atoms with van der Waals surface area (Å²) in [6, 6.07) is 4.81. The minimum atomic E-state index is -0.396. The van der Waals surface area contributed by atoms with Crippen LogP contribution in [0.2, 0.25) is 0 Å². The van der Waals surface area contributed by atoms with Gasteiger partial charge in [0, 0.05) is 18.8 Å². The van der Waals surface area contributed by atoms with E-state index in [1.807, 2.05) is 13.8 Å². The number of unbranched alkanes of at least 4 members (excludes halogenated alkanes) is 1. The molecule has 1 aromatic carbocycles. The molecule has 0 spiro atoms. The molecular weight excluding hydrogens is 239 g/mol. The van der Waals surface area contributed by atoms with Gasteiger partial charge >= 0.3 is 0 Å². The van der Waals surface area contributed by atoms with Gasteiger partial charge in [-0.25, -0.2) is 4.39 Å². The Bertz CT molecular complexity index is 447. The Labute approximate surface area is 115 Å². The fourth-order valence-corrected chi connectivity index (χ4v) is 1.65. The number of hydrogen-bond acceptors (Lipinski definition) is 2. The quantitative estimate of drug-likeness (QED) is 0.580. The van der Waals surface area contributed by atoms with Gasteiger partial charge in [-0.3, -0.25) is 5.32 Å². The van der Waals surface area contributed by atoms with Gasteiger partial charge in [0.15, 0.2) is 0 Å². The topological polar surface area (TPSA) is 24.1 Å². The molecule has 0 saturated heterocycles. The molecule has 0 aromatic heterocycles. The summed E-state index contributed by atoms with van der Waals surface area (Å²) < 4.78 is 13.3. The Balaban J connectivity index is 2.74. The first-order chi connectivity index (χ1) is 8.98. The summed E-state index contributed by atoms with van der Waals surface area (Å²) in [5, 5.41) is 6.58. The highest BCUT2D eigenvalue weighted by molar-refractivity contribution is 5.51. The summed E-state index contributed by atoms with van der Waals surface area (Å²) >= 11 is 0. The van der Waals surface area contributed by atoms with Crippen LogP contribution in [0.15, 0.2) is 18.2 Å². The predicted octanol–water partition coefficient (Wildman–Crippen LogP) is 3.54. The van der Waals surface area contributed by atoms with Gasteiger partial charge in [-0.2, -0.15) is 0 Å². The molecule has 2 nitrogen and oxygen atoms in total. The molecule has 3 heteroatoms. The maximum absolute atomic E-state index is 13.3. The first-order valence-electron chi connectivity index (χ1n) is 6.73. The number of benzene rings is 1. The summed E-state index contributed by atoms with van der Waals surface area (Å²) in [4.78, 5) is 0. The molecule has 0 radical (unpaired) electrons. The van der Waals surface area contributed by atoms with E-state index in [2.05, 4.69) is 23.5 Å². The van der Waals surface area contributed by atoms with Gasteiger partial charge in [-0.05, 0) is 44.0 Å². The van der Waals surface area contributed by atoms with Gasteiger partial charge < -0.3 is 5.32 Å². The van der Waals surface area contributed by atoms with Crippen LogP contribution < -0.4 is 10.6 Å². The van der Waals surface area contributed by atoms with Gasteiger partial charge in [-0.15, -0.1) is 6.42 Å². The van der Waals surface area contributed by atoms with Crippen molar-refractivity contribution in [3.05, 3.63) is 29.6 Å². The number of nitrogens with one attached hydrogen (secondary N) is 2. The minimum absolute atomic E-state index is 0.226. The molecule has 2 N–H and O–H groups in total. The van der Waals surface area contributed by atoms with E-state index in [9.17, 15) is 4.39 Å². The monoisotopic (exact) mass is 262 g/mol. The molecule has 0 atom stereocenters. The highest BCUT2D eigenvalue weighted by atomic mass is 19.1.